The Morgan fingerprint density at radius 1 is 1.33 bits per heavy atom. The van der Waals surface area contributed by atoms with Gasteiger partial charge < -0.3 is 14.4 Å². The third kappa shape index (κ3) is 4.79. The number of ether oxygens (including phenoxy) is 2. The number of nitrogens with zero attached hydrogens (tertiary/aromatic N) is 2. The first-order valence-corrected chi connectivity index (χ1v) is 10.6. The molecule has 1 aromatic rings. The zero-order chi connectivity index (χ0) is 21.7. The molecule has 0 unspecified atom stereocenters. The lowest BCUT2D eigenvalue weighted by molar-refractivity contribution is -0.138. The molecule has 158 valence electrons. The number of terminal acetylenes is 1. The van der Waals surface area contributed by atoms with E-state index in [9.17, 15) is 14.4 Å². The smallest absolute Gasteiger partial charge is 0.294 e. The Balaban J connectivity index is 1.73. The Kier molecular flexibility index (Phi) is 7.06. The van der Waals surface area contributed by atoms with E-state index >= 15 is 0 Å². The molecule has 0 radical (unpaired) electrons. The number of imide groups is 1. The van der Waals surface area contributed by atoms with E-state index in [0.717, 1.165) is 35.9 Å². The second-order valence-corrected chi connectivity index (χ2v) is 8.10. The maximum atomic E-state index is 12.7. The molecule has 8 heteroatoms. The summed E-state index contributed by atoms with van der Waals surface area (Å²) in [5.41, 5.74) is 0.668. The van der Waals surface area contributed by atoms with Crippen molar-refractivity contribution in [2.75, 3.05) is 26.8 Å². The number of rotatable bonds is 6. The quantitative estimate of drug-likeness (QED) is 0.512. The van der Waals surface area contributed by atoms with Crippen LogP contribution in [0.3, 0.4) is 0 Å². The topological polar surface area (TPSA) is 76.2 Å². The highest BCUT2D eigenvalue weighted by atomic mass is 32.2. The van der Waals surface area contributed by atoms with Crippen LogP contribution in [0.4, 0.5) is 4.79 Å². The maximum absolute atomic E-state index is 12.7. The highest BCUT2D eigenvalue weighted by molar-refractivity contribution is 8.18. The van der Waals surface area contributed by atoms with Crippen LogP contribution in [0.1, 0.15) is 31.7 Å². The fourth-order valence-electron chi connectivity index (χ4n) is 3.50. The number of hydrogen-bond acceptors (Lipinski definition) is 6. The van der Waals surface area contributed by atoms with Crippen LogP contribution in [0, 0.1) is 12.3 Å². The lowest BCUT2D eigenvalue weighted by atomic mass is 10.0. The molecule has 3 amide bonds. The summed E-state index contributed by atoms with van der Waals surface area (Å²) in [6, 6.07) is 5.25. The van der Waals surface area contributed by atoms with Gasteiger partial charge in [0.25, 0.3) is 11.1 Å². The molecule has 2 saturated heterocycles. The second-order valence-electron chi connectivity index (χ2n) is 7.10. The monoisotopic (exact) mass is 428 g/mol. The van der Waals surface area contributed by atoms with Gasteiger partial charge in [-0.1, -0.05) is 12.0 Å². The fourth-order valence-corrected chi connectivity index (χ4v) is 4.33. The number of benzene rings is 1. The van der Waals surface area contributed by atoms with Gasteiger partial charge in [0.15, 0.2) is 11.5 Å². The first kappa shape index (κ1) is 21.8. The lowest BCUT2D eigenvalue weighted by Gasteiger charge is -2.34. The molecule has 7 nitrogen and oxygen atoms in total. The van der Waals surface area contributed by atoms with Gasteiger partial charge in [-0.05, 0) is 61.7 Å². The Labute approximate surface area is 180 Å². The molecule has 30 heavy (non-hydrogen) atoms. The van der Waals surface area contributed by atoms with E-state index in [4.69, 9.17) is 15.9 Å². The van der Waals surface area contributed by atoms with Gasteiger partial charge in [0, 0.05) is 12.6 Å². The van der Waals surface area contributed by atoms with Gasteiger partial charge in [-0.2, -0.15) is 0 Å². The van der Waals surface area contributed by atoms with Gasteiger partial charge in [-0.15, -0.1) is 6.42 Å². The van der Waals surface area contributed by atoms with Crippen LogP contribution in [-0.4, -0.2) is 59.7 Å². The lowest BCUT2D eigenvalue weighted by Crippen LogP contribution is -2.47. The minimum atomic E-state index is -0.463. The SMILES string of the molecule is C#CCOc1ccc(/C=C2\SC(=O)N(CC(=O)N3CCCC[C@@H]3C)C2=O)cc1OC. The Hall–Kier alpha value is -2.92. The molecule has 0 aliphatic carbocycles. The van der Waals surface area contributed by atoms with Gasteiger partial charge in [0.2, 0.25) is 5.91 Å². The van der Waals surface area contributed by atoms with E-state index in [-0.39, 0.29) is 30.0 Å². The number of amides is 3. The molecule has 1 atom stereocenters. The largest absolute Gasteiger partial charge is 0.493 e. The van der Waals surface area contributed by atoms with Crippen molar-refractivity contribution in [3.63, 3.8) is 0 Å². The van der Waals surface area contributed by atoms with Crippen molar-refractivity contribution in [1.82, 2.24) is 9.80 Å². The molecule has 2 aliphatic rings. The standard InChI is InChI=1S/C22H24N2O5S/c1-4-11-29-17-9-8-16(12-18(17)28-3)13-19-21(26)24(22(27)30-19)14-20(25)23-10-6-5-7-15(23)2/h1,8-9,12-13,15H,5-7,10-11,14H2,2-3H3/b19-13-/t15-/m0/s1. The van der Waals surface area contributed by atoms with E-state index in [1.54, 1.807) is 29.2 Å². The summed E-state index contributed by atoms with van der Waals surface area (Å²) < 4.78 is 10.7. The highest BCUT2D eigenvalue weighted by Crippen LogP contribution is 2.34. The number of hydrogen-bond donors (Lipinski definition) is 0. The van der Waals surface area contributed by atoms with Crippen LogP contribution < -0.4 is 9.47 Å². The summed E-state index contributed by atoms with van der Waals surface area (Å²) in [5.74, 6) is 2.68. The van der Waals surface area contributed by atoms with Crippen molar-refractivity contribution in [3.05, 3.63) is 28.7 Å². The molecule has 0 N–H and O–H groups in total. The normalized spacial score (nSPS) is 20.4. The van der Waals surface area contributed by atoms with E-state index < -0.39 is 11.1 Å². The molecular weight excluding hydrogens is 404 g/mol. The van der Waals surface area contributed by atoms with Gasteiger partial charge in [0.1, 0.15) is 13.2 Å². The first-order valence-electron chi connectivity index (χ1n) is 9.73. The maximum Gasteiger partial charge on any atom is 0.294 e. The van der Waals surface area contributed by atoms with E-state index in [2.05, 4.69) is 5.92 Å². The molecule has 0 aromatic heterocycles. The zero-order valence-electron chi connectivity index (χ0n) is 17.1. The molecule has 1 aromatic carbocycles. The van der Waals surface area contributed by atoms with Crippen molar-refractivity contribution in [2.45, 2.75) is 32.2 Å². The molecule has 0 saturated carbocycles. The van der Waals surface area contributed by atoms with Crippen LogP contribution in [0.25, 0.3) is 6.08 Å². The van der Waals surface area contributed by atoms with Crippen molar-refractivity contribution < 1.29 is 23.9 Å². The number of carbonyl (C=O) groups is 3. The predicted molar refractivity (Wildman–Crippen MR) is 115 cm³/mol. The highest BCUT2D eigenvalue weighted by Gasteiger charge is 2.37. The van der Waals surface area contributed by atoms with E-state index in [1.807, 2.05) is 6.92 Å². The molecule has 2 fully saturated rings. The molecule has 0 bridgehead atoms. The first-order chi connectivity index (χ1) is 14.4. The molecular formula is C22H24N2O5S. The van der Waals surface area contributed by atoms with Gasteiger partial charge in [-0.25, -0.2) is 0 Å². The zero-order valence-corrected chi connectivity index (χ0v) is 17.9. The number of carbonyl (C=O) groups excluding carboxylic acids is 3. The van der Waals surface area contributed by atoms with Crippen LogP contribution >= 0.6 is 11.8 Å². The minimum Gasteiger partial charge on any atom is -0.493 e. The number of piperidine rings is 1. The summed E-state index contributed by atoms with van der Waals surface area (Å²) in [6.45, 7) is 2.54. The molecule has 2 aliphatic heterocycles. The van der Waals surface area contributed by atoms with Crippen molar-refractivity contribution in [2.24, 2.45) is 0 Å². The number of methoxy groups -OCH3 is 1. The third-order valence-electron chi connectivity index (χ3n) is 5.09. The van der Waals surface area contributed by atoms with Gasteiger partial charge in [-0.3, -0.25) is 19.3 Å². The summed E-state index contributed by atoms with van der Waals surface area (Å²) in [5, 5.41) is -0.440. The van der Waals surface area contributed by atoms with Crippen LogP contribution in [0.2, 0.25) is 0 Å². The van der Waals surface area contributed by atoms with Gasteiger partial charge in [0.05, 0.1) is 12.0 Å². The Bertz CT molecular complexity index is 921. The summed E-state index contributed by atoms with van der Waals surface area (Å²) in [7, 11) is 1.50. The molecule has 0 spiro atoms. The summed E-state index contributed by atoms with van der Waals surface area (Å²) in [4.78, 5) is 40.8. The molecule has 3 rings (SSSR count). The summed E-state index contributed by atoms with van der Waals surface area (Å²) >= 11 is 0.827. The van der Waals surface area contributed by atoms with Crippen molar-refractivity contribution in [1.29, 1.82) is 0 Å². The van der Waals surface area contributed by atoms with Crippen LogP contribution in [-0.2, 0) is 9.59 Å². The minimum absolute atomic E-state index is 0.109. The number of likely N-dealkylation sites (tertiary alicyclic amines) is 1. The Morgan fingerprint density at radius 2 is 2.13 bits per heavy atom. The third-order valence-corrected chi connectivity index (χ3v) is 5.99. The van der Waals surface area contributed by atoms with E-state index in [0.29, 0.717) is 23.6 Å². The second kappa shape index (κ2) is 9.72. The van der Waals surface area contributed by atoms with Crippen molar-refractivity contribution in [3.8, 4) is 23.8 Å². The van der Waals surface area contributed by atoms with E-state index in [1.165, 1.54) is 7.11 Å². The van der Waals surface area contributed by atoms with Crippen molar-refractivity contribution >= 4 is 34.9 Å². The average Bonchev–Trinajstić information content (AvgIpc) is 3.00. The Morgan fingerprint density at radius 3 is 2.83 bits per heavy atom. The summed E-state index contributed by atoms with van der Waals surface area (Å²) in [6.07, 6.45) is 9.79. The predicted octanol–water partition coefficient (Wildman–Crippen LogP) is 3.14. The average molecular weight is 429 g/mol. The van der Waals surface area contributed by atoms with Gasteiger partial charge >= 0.3 is 0 Å². The van der Waals surface area contributed by atoms with Crippen LogP contribution in [0.5, 0.6) is 11.5 Å². The van der Waals surface area contributed by atoms with Crippen LogP contribution in [0.15, 0.2) is 23.1 Å². The number of thioether (sulfide) groups is 1. The molecule has 2 heterocycles. The fraction of sp³-hybridized carbons (Fsp3) is 0.409.